The third-order valence-electron chi connectivity index (χ3n) is 3.37. The van der Waals surface area contributed by atoms with Gasteiger partial charge in [-0.25, -0.2) is 8.42 Å². The molecular formula is C15H18N2O3S. The second-order valence-electron chi connectivity index (χ2n) is 5.03. The summed E-state index contributed by atoms with van der Waals surface area (Å²) in [5.41, 5.74) is 8.32. The summed E-state index contributed by atoms with van der Waals surface area (Å²) in [6.45, 7) is 5.12. The number of nitrogens with one attached hydrogen (secondary N) is 1. The fourth-order valence-electron chi connectivity index (χ4n) is 2.13. The van der Waals surface area contributed by atoms with Crippen LogP contribution < -0.4 is 10.5 Å². The summed E-state index contributed by atoms with van der Waals surface area (Å²) in [4.78, 5) is 0.169. The van der Waals surface area contributed by atoms with Crippen molar-refractivity contribution >= 4 is 21.4 Å². The number of phenolic OH excluding ortho intramolecular Hbond substituents is 1. The second-order valence-corrected chi connectivity index (χ2v) is 6.65. The molecule has 2 aromatic carbocycles. The first kappa shape index (κ1) is 15.2. The number of benzene rings is 2. The minimum absolute atomic E-state index is 0.0382. The maximum absolute atomic E-state index is 12.5. The minimum Gasteiger partial charge on any atom is -0.508 e. The fourth-order valence-corrected chi connectivity index (χ4v) is 3.69. The molecule has 0 aliphatic heterocycles. The fraction of sp³-hybridized carbons (Fsp3) is 0.200. The van der Waals surface area contributed by atoms with Crippen molar-refractivity contribution < 1.29 is 13.5 Å². The van der Waals surface area contributed by atoms with E-state index in [1.807, 2.05) is 0 Å². The Kier molecular flexibility index (Phi) is 3.82. The van der Waals surface area contributed by atoms with Gasteiger partial charge in [-0.05, 0) is 49.6 Å². The van der Waals surface area contributed by atoms with Crippen LogP contribution in [-0.2, 0) is 10.0 Å². The van der Waals surface area contributed by atoms with E-state index in [1.54, 1.807) is 45.0 Å². The van der Waals surface area contributed by atoms with Gasteiger partial charge in [-0.1, -0.05) is 12.1 Å². The summed E-state index contributed by atoms with van der Waals surface area (Å²) in [6, 6.07) is 7.98. The Morgan fingerprint density at radius 3 is 2.29 bits per heavy atom. The van der Waals surface area contributed by atoms with Crippen LogP contribution >= 0.6 is 0 Å². The molecule has 0 radical (unpaired) electrons. The van der Waals surface area contributed by atoms with Gasteiger partial charge in [0.1, 0.15) is 5.75 Å². The first-order chi connectivity index (χ1) is 9.72. The maximum atomic E-state index is 12.5. The molecule has 112 valence electrons. The number of nitrogen functional groups attached to an aromatic ring is 1. The first-order valence-corrected chi connectivity index (χ1v) is 7.89. The highest BCUT2D eigenvalue weighted by molar-refractivity contribution is 7.92. The summed E-state index contributed by atoms with van der Waals surface area (Å²) >= 11 is 0. The van der Waals surface area contributed by atoms with E-state index >= 15 is 0 Å². The highest BCUT2D eigenvalue weighted by Crippen LogP contribution is 2.28. The van der Waals surface area contributed by atoms with Crippen LogP contribution in [0.2, 0.25) is 0 Å². The van der Waals surface area contributed by atoms with E-state index in [-0.39, 0.29) is 10.6 Å². The number of aromatic hydroxyl groups is 1. The van der Waals surface area contributed by atoms with Crippen LogP contribution in [0.15, 0.2) is 35.2 Å². The molecule has 0 amide bonds. The van der Waals surface area contributed by atoms with Gasteiger partial charge < -0.3 is 10.8 Å². The highest BCUT2D eigenvalue weighted by atomic mass is 32.2. The molecule has 0 heterocycles. The van der Waals surface area contributed by atoms with Crippen molar-refractivity contribution in [2.24, 2.45) is 0 Å². The Balaban J connectivity index is 2.48. The summed E-state index contributed by atoms with van der Waals surface area (Å²) in [5, 5.41) is 9.67. The van der Waals surface area contributed by atoms with Gasteiger partial charge in [0, 0.05) is 11.8 Å². The molecule has 0 aliphatic rings. The lowest BCUT2D eigenvalue weighted by atomic mass is 10.1. The van der Waals surface area contributed by atoms with Gasteiger partial charge in [0.15, 0.2) is 0 Å². The molecule has 0 saturated carbocycles. The molecule has 0 bridgehead atoms. The van der Waals surface area contributed by atoms with Gasteiger partial charge >= 0.3 is 0 Å². The molecule has 0 aliphatic carbocycles. The molecule has 2 rings (SSSR count). The summed E-state index contributed by atoms with van der Waals surface area (Å²) in [5.74, 6) is 0.0382. The average molecular weight is 306 g/mol. The van der Waals surface area contributed by atoms with E-state index < -0.39 is 10.0 Å². The molecule has 5 nitrogen and oxygen atoms in total. The van der Waals surface area contributed by atoms with Gasteiger partial charge in [-0.15, -0.1) is 0 Å². The summed E-state index contributed by atoms with van der Waals surface area (Å²) in [6.07, 6.45) is 0. The predicted molar refractivity (Wildman–Crippen MR) is 84.0 cm³/mol. The minimum atomic E-state index is -3.77. The molecule has 0 unspecified atom stereocenters. The van der Waals surface area contributed by atoms with Gasteiger partial charge in [0.05, 0.1) is 10.6 Å². The van der Waals surface area contributed by atoms with Crippen molar-refractivity contribution in [1.29, 1.82) is 0 Å². The molecule has 21 heavy (non-hydrogen) atoms. The number of anilines is 2. The van der Waals surface area contributed by atoms with Gasteiger partial charge in [-0.3, -0.25) is 4.72 Å². The number of rotatable bonds is 3. The van der Waals surface area contributed by atoms with Crippen LogP contribution in [0.5, 0.6) is 5.75 Å². The van der Waals surface area contributed by atoms with Crippen LogP contribution in [0.25, 0.3) is 0 Å². The third kappa shape index (κ3) is 2.95. The number of aryl methyl sites for hydroxylation is 2. The third-order valence-corrected chi connectivity index (χ3v) is 5.04. The van der Waals surface area contributed by atoms with Crippen molar-refractivity contribution in [2.45, 2.75) is 25.7 Å². The molecule has 4 N–H and O–H groups in total. The average Bonchev–Trinajstić information content (AvgIpc) is 2.38. The Bertz CT molecular complexity index is 799. The SMILES string of the molecule is Cc1ccc(NS(=O)(=O)c2c(C)ccc(N)c2C)cc1O. The quantitative estimate of drug-likeness (QED) is 0.760. The largest absolute Gasteiger partial charge is 0.508 e. The predicted octanol–water partition coefficient (Wildman–Crippen LogP) is 2.70. The highest BCUT2D eigenvalue weighted by Gasteiger charge is 2.21. The van der Waals surface area contributed by atoms with Gasteiger partial charge in [0.2, 0.25) is 0 Å². The van der Waals surface area contributed by atoms with Crippen molar-refractivity contribution in [2.75, 3.05) is 10.5 Å². The lowest BCUT2D eigenvalue weighted by molar-refractivity contribution is 0.471. The molecule has 0 fully saturated rings. The number of phenols is 1. The summed E-state index contributed by atoms with van der Waals surface area (Å²) in [7, 11) is -3.77. The Labute approximate surface area is 124 Å². The zero-order chi connectivity index (χ0) is 15.8. The molecule has 0 aromatic heterocycles. The first-order valence-electron chi connectivity index (χ1n) is 6.40. The van der Waals surface area contributed by atoms with Crippen molar-refractivity contribution in [3.05, 3.63) is 47.0 Å². The lowest BCUT2D eigenvalue weighted by Gasteiger charge is -2.14. The van der Waals surface area contributed by atoms with Gasteiger partial charge in [-0.2, -0.15) is 0 Å². The Hall–Kier alpha value is -2.21. The number of nitrogens with two attached hydrogens (primary N) is 1. The van der Waals surface area contributed by atoms with E-state index in [9.17, 15) is 13.5 Å². The number of hydrogen-bond donors (Lipinski definition) is 3. The van der Waals surface area contributed by atoms with E-state index in [2.05, 4.69) is 4.72 Å². The molecule has 2 aromatic rings. The topological polar surface area (TPSA) is 92.4 Å². The zero-order valence-corrected chi connectivity index (χ0v) is 13.0. The molecule has 0 spiro atoms. The molecule has 0 saturated heterocycles. The van der Waals surface area contributed by atoms with E-state index in [0.29, 0.717) is 28.1 Å². The molecule has 0 atom stereocenters. The zero-order valence-electron chi connectivity index (χ0n) is 12.1. The monoisotopic (exact) mass is 306 g/mol. The Morgan fingerprint density at radius 1 is 1.05 bits per heavy atom. The van der Waals surface area contributed by atoms with Crippen molar-refractivity contribution in [3.8, 4) is 5.75 Å². The molecule has 6 heteroatoms. The standard InChI is InChI=1S/C15H18N2O3S/c1-9-4-6-12(8-14(9)18)17-21(19,20)15-10(2)5-7-13(16)11(15)3/h4-8,17-18H,16H2,1-3H3. The van der Waals surface area contributed by atoms with Crippen LogP contribution in [0.1, 0.15) is 16.7 Å². The van der Waals surface area contributed by atoms with Crippen molar-refractivity contribution in [1.82, 2.24) is 0 Å². The van der Waals surface area contributed by atoms with Crippen molar-refractivity contribution in [3.63, 3.8) is 0 Å². The van der Waals surface area contributed by atoms with E-state index in [0.717, 1.165) is 0 Å². The molecular weight excluding hydrogens is 288 g/mol. The van der Waals surface area contributed by atoms with Crippen LogP contribution in [0.4, 0.5) is 11.4 Å². The van der Waals surface area contributed by atoms with Gasteiger partial charge in [0.25, 0.3) is 10.0 Å². The second kappa shape index (κ2) is 5.29. The smallest absolute Gasteiger partial charge is 0.262 e. The number of sulfonamides is 1. The van der Waals surface area contributed by atoms with E-state index in [4.69, 9.17) is 5.73 Å². The normalized spacial score (nSPS) is 11.4. The van der Waals surface area contributed by atoms with Crippen LogP contribution in [-0.4, -0.2) is 13.5 Å². The summed E-state index contributed by atoms with van der Waals surface area (Å²) < 4.78 is 27.6. The van der Waals surface area contributed by atoms with Crippen LogP contribution in [0, 0.1) is 20.8 Å². The Morgan fingerprint density at radius 2 is 1.67 bits per heavy atom. The maximum Gasteiger partial charge on any atom is 0.262 e. The van der Waals surface area contributed by atoms with E-state index in [1.165, 1.54) is 6.07 Å². The number of hydrogen-bond acceptors (Lipinski definition) is 4. The lowest BCUT2D eigenvalue weighted by Crippen LogP contribution is -2.16. The van der Waals surface area contributed by atoms with Crippen LogP contribution in [0.3, 0.4) is 0 Å².